The van der Waals surface area contributed by atoms with Crippen LogP contribution in [-0.4, -0.2) is 30.6 Å². The molecule has 2 aromatic rings. The molecule has 0 heterocycles. The molecule has 3 nitrogen and oxygen atoms in total. The number of amides is 2. The number of nitrogens with zero attached hydrogens (tertiary/aromatic N) is 1. The Labute approximate surface area is 127 Å². The molecule has 0 saturated heterocycles. The van der Waals surface area contributed by atoms with Crippen molar-refractivity contribution in [2.75, 3.05) is 13.6 Å². The van der Waals surface area contributed by atoms with Crippen LogP contribution in [0, 0.1) is 0 Å². The molecule has 2 aromatic carbocycles. The predicted octanol–water partition coefficient (Wildman–Crippen LogP) is 3.82. The van der Waals surface area contributed by atoms with Crippen LogP contribution < -0.4 is 5.32 Å². The number of nitrogens with one attached hydrogen (secondary N) is 1. The van der Waals surface area contributed by atoms with Crippen molar-refractivity contribution in [3.63, 3.8) is 0 Å². The molecular formula is C18H24N2O. The zero-order valence-electron chi connectivity index (χ0n) is 13.1. The third kappa shape index (κ3) is 3.97. The van der Waals surface area contributed by atoms with E-state index in [4.69, 9.17) is 0 Å². The lowest BCUT2D eigenvalue weighted by molar-refractivity contribution is 0.205. The summed E-state index contributed by atoms with van der Waals surface area (Å²) in [6, 6.07) is 14.9. The second-order valence-corrected chi connectivity index (χ2v) is 5.57. The Balaban J connectivity index is 2.00. The first-order chi connectivity index (χ1) is 10.1. The zero-order valence-corrected chi connectivity index (χ0v) is 13.1. The fourth-order valence-electron chi connectivity index (χ4n) is 2.32. The van der Waals surface area contributed by atoms with E-state index >= 15 is 0 Å². The Morgan fingerprint density at radius 1 is 1.19 bits per heavy atom. The Morgan fingerprint density at radius 2 is 1.90 bits per heavy atom. The lowest BCUT2D eigenvalue weighted by Gasteiger charge is -2.21. The molecule has 0 aromatic heterocycles. The normalized spacial score (nSPS) is 12.1. The Bertz CT molecular complexity index is 604. The first kappa shape index (κ1) is 15.4. The summed E-state index contributed by atoms with van der Waals surface area (Å²) >= 11 is 0. The van der Waals surface area contributed by atoms with E-state index in [-0.39, 0.29) is 12.1 Å². The van der Waals surface area contributed by atoms with Crippen LogP contribution >= 0.6 is 0 Å². The minimum absolute atomic E-state index is 0.00425. The van der Waals surface area contributed by atoms with E-state index in [1.54, 1.807) is 4.90 Å². The summed E-state index contributed by atoms with van der Waals surface area (Å²) in [5, 5.41) is 5.52. The molecule has 0 bridgehead atoms. The van der Waals surface area contributed by atoms with Crippen LogP contribution in [0.4, 0.5) is 4.79 Å². The maximum absolute atomic E-state index is 12.0. The molecule has 3 heteroatoms. The van der Waals surface area contributed by atoms with Crippen LogP contribution in [0.25, 0.3) is 10.8 Å². The zero-order chi connectivity index (χ0) is 15.2. The number of rotatable bonds is 5. The van der Waals surface area contributed by atoms with Crippen molar-refractivity contribution >= 4 is 16.8 Å². The average Bonchev–Trinajstić information content (AvgIpc) is 2.52. The summed E-state index contributed by atoms with van der Waals surface area (Å²) in [5.74, 6) is 0. The van der Waals surface area contributed by atoms with Crippen molar-refractivity contribution in [3.8, 4) is 0 Å². The molecule has 2 amide bonds. The molecule has 0 unspecified atom stereocenters. The predicted molar refractivity (Wildman–Crippen MR) is 88.6 cm³/mol. The number of hydrogen-bond donors (Lipinski definition) is 1. The summed E-state index contributed by atoms with van der Waals surface area (Å²) < 4.78 is 0. The van der Waals surface area contributed by atoms with E-state index in [1.807, 2.05) is 14.0 Å². The summed E-state index contributed by atoms with van der Waals surface area (Å²) in [5.41, 5.74) is 1.29. The van der Waals surface area contributed by atoms with Gasteiger partial charge in [0.15, 0.2) is 0 Å². The maximum atomic E-state index is 12.0. The van der Waals surface area contributed by atoms with E-state index in [0.29, 0.717) is 0 Å². The highest BCUT2D eigenvalue weighted by atomic mass is 16.2. The molecule has 0 saturated carbocycles. The molecule has 0 aliphatic carbocycles. The number of benzene rings is 2. The van der Waals surface area contributed by atoms with Crippen molar-refractivity contribution in [2.24, 2.45) is 0 Å². The van der Waals surface area contributed by atoms with Crippen molar-refractivity contribution in [3.05, 3.63) is 48.0 Å². The van der Waals surface area contributed by atoms with Gasteiger partial charge in [-0.3, -0.25) is 0 Å². The van der Waals surface area contributed by atoms with Gasteiger partial charge in [-0.05, 0) is 36.1 Å². The number of fused-ring (bicyclic) bond motifs is 1. The van der Waals surface area contributed by atoms with E-state index < -0.39 is 0 Å². The smallest absolute Gasteiger partial charge is 0.317 e. The first-order valence-electron chi connectivity index (χ1n) is 7.60. The van der Waals surface area contributed by atoms with Gasteiger partial charge in [-0.1, -0.05) is 49.4 Å². The van der Waals surface area contributed by atoms with E-state index in [1.165, 1.54) is 16.3 Å². The van der Waals surface area contributed by atoms with Gasteiger partial charge < -0.3 is 10.2 Å². The van der Waals surface area contributed by atoms with Gasteiger partial charge in [-0.2, -0.15) is 0 Å². The molecule has 1 atom stereocenters. The number of likely N-dealkylation sites (N-methyl/N-ethyl adjacent to an activating group) is 1. The molecule has 1 N–H and O–H groups in total. The Morgan fingerprint density at radius 3 is 2.67 bits per heavy atom. The van der Waals surface area contributed by atoms with Crippen LogP contribution in [0.1, 0.15) is 25.8 Å². The number of carbonyl (C=O) groups excluding carboxylic acids is 1. The third-order valence-corrected chi connectivity index (χ3v) is 3.93. The molecule has 0 radical (unpaired) electrons. The minimum atomic E-state index is 0.00425. The number of hydrogen-bond acceptors (Lipinski definition) is 1. The average molecular weight is 284 g/mol. The highest BCUT2D eigenvalue weighted by Crippen LogP contribution is 2.18. The maximum Gasteiger partial charge on any atom is 0.317 e. The number of urea groups is 1. The first-order valence-corrected chi connectivity index (χ1v) is 7.60. The van der Waals surface area contributed by atoms with Crippen LogP contribution in [0.2, 0.25) is 0 Å². The van der Waals surface area contributed by atoms with Crippen molar-refractivity contribution in [2.45, 2.75) is 32.7 Å². The van der Waals surface area contributed by atoms with Crippen molar-refractivity contribution in [1.82, 2.24) is 10.2 Å². The molecule has 2 rings (SSSR count). The molecular weight excluding hydrogens is 260 g/mol. The van der Waals surface area contributed by atoms with Gasteiger partial charge in [0.2, 0.25) is 0 Å². The molecule has 0 fully saturated rings. The van der Waals surface area contributed by atoms with Crippen LogP contribution in [-0.2, 0) is 6.42 Å². The Hall–Kier alpha value is -2.03. The minimum Gasteiger partial charge on any atom is -0.336 e. The highest BCUT2D eigenvalue weighted by molar-refractivity contribution is 5.85. The molecule has 0 spiro atoms. The third-order valence-electron chi connectivity index (χ3n) is 3.93. The summed E-state index contributed by atoms with van der Waals surface area (Å²) in [6.45, 7) is 4.81. The van der Waals surface area contributed by atoms with Crippen molar-refractivity contribution in [1.29, 1.82) is 0 Å². The number of carbonyl (C=O) groups is 1. The van der Waals surface area contributed by atoms with Gasteiger partial charge >= 0.3 is 6.03 Å². The largest absolute Gasteiger partial charge is 0.336 e. The molecule has 112 valence electrons. The van der Waals surface area contributed by atoms with Crippen LogP contribution in [0.5, 0.6) is 0 Å². The van der Waals surface area contributed by atoms with Crippen molar-refractivity contribution < 1.29 is 4.79 Å². The lowest BCUT2D eigenvalue weighted by Crippen LogP contribution is -2.42. The summed E-state index contributed by atoms with van der Waals surface area (Å²) in [4.78, 5) is 13.8. The van der Waals surface area contributed by atoms with Gasteiger partial charge in [0.25, 0.3) is 0 Å². The Kier molecular flexibility index (Phi) is 5.20. The fourth-order valence-corrected chi connectivity index (χ4v) is 2.32. The van der Waals surface area contributed by atoms with Gasteiger partial charge in [0, 0.05) is 19.6 Å². The SMILES string of the molecule is CC[C@@H](C)NC(=O)N(C)CCc1cccc2ccccc12. The van der Waals surface area contributed by atoms with E-state index in [9.17, 15) is 4.79 Å². The van der Waals surface area contributed by atoms with Crippen LogP contribution in [0.3, 0.4) is 0 Å². The standard InChI is InChI=1S/C18H24N2O/c1-4-14(2)19-18(21)20(3)13-12-16-10-7-9-15-8-5-6-11-17(15)16/h5-11,14H,4,12-13H2,1-3H3,(H,19,21)/t14-/m1/s1. The topological polar surface area (TPSA) is 32.3 Å². The van der Waals surface area contributed by atoms with E-state index in [2.05, 4.69) is 54.7 Å². The summed E-state index contributed by atoms with van der Waals surface area (Å²) in [7, 11) is 1.85. The molecule has 0 aliphatic rings. The monoisotopic (exact) mass is 284 g/mol. The van der Waals surface area contributed by atoms with Gasteiger partial charge in [-0.25, -0.2) is 4.79 Å². The lowest BCUT2D eigenvalue weighted by atomic mass is 10.0. The van der Waals surface area contributed by atoms with Gasteiger partial charge in [0.05, 0.1) is 0 Å². The summed E-state index contributed by atoms with van der Waals surface area (Å²) in [6.07, 6.45) is 1.81. The molecule has 0 aliphatic heterocycles. The molecule has 21 heavy (non-hydrogen) atoms. The van der Waals surface area contributed by atoms with Gasteiger partial charge in [-0.15, -0.1) is 0 Å². The van der Waals surface area contributed by atoms with E-state index in [0.717, 1.165) is 19.4 Å². The second-order valence-electron chi connectivity index (χ2n) is 5.57. The highest BCUT2D eigenvalue weighted by Gasteiger charge is 2.11. The quantitative estimate of drug-likeness (QED) is 0.889. The van der Waals surface area contributed by atoms with Gasteiger partial charge in [0.1, 0.15) is 0 Å². The second kappa shape index (κ2) is 7.11. The van der Waals surface area contributed by atoms with Crippen LogP contribution in [0.15, 0.2) is 42.5 Å². The fraction of sp³-hybridized carbons (Fsp3) is 0.389.